The van der Waals surface area contributed by atoms with Crippen molar-refractivity contribution in [3.05, 3.63) is 78.0 Å². The average Bonchev–Trinajstić information content (AvgIpc) is 3.89. The van der Waals surface area contributed by atoms with Gasteiger partial charge in [0.1, 0.15) is 46.2 Å². The number of rotatable bonds is 6. The molecule has 0 spiro atoms. The SMILES string of the molecule is COCC1(C#N)CN(c2nc(N3CC4CC3C(=O)N(C)CC(OC)Cn3c(C)nc5cc(F)cc(c53)-c3cccc(n3)N4)c3cnn(-c4ccc(F)cc4F)c3n2)C1. The van der Waals surface area contributed by atoms with Gasteiger partial charge in [-0.3, -0.25) is 4.79 Å². The molecule has 2 aromatic carbocycles. The van der Waals surface area contributed by atoms with Gasteiger partial charge in [0.05, 0.1) is 53.6 Å². The highest BCUT2D eigenvalue weighted by molar-refractivity contribution is 5.94. The summed E-state index contributed by atoms with van der Waals surface area (Å²) >= 11 is 0. The topological polar surface area (TPSA) is 155 Å². The monoisotopic (exact) mass is 792 g/mol. The number of benzene rings is 2. The summed E-state index contributed by atoms with van der Waals surface area (Å²) in [7, 11) is 4.85. The number of likely N-dealkylation sites (N-methyl/N-ethyl adjacent to an activating group) is 1. The van der Waals surface area contributed by atoms with Crippen molar-refractivity contribution in [1.29, 1.82) is 5.26 Å². The Bertz CT molecular complexity index is 2640. The smallest absolute Gasteiger partial charge is 0.245 e. The van der Waals surface area contributed by atoms with Gasteiger partial charge in [-0.1, -0.05) is 6.07 Å². The second kappa shape index (κ2) is 14.3. The van der Waals surface area contributed by atoms with E-state index in [9.17, 15) is 14.4 Å². The van der Waals surface area contributed by atoms with Crippen molar-refractivity contribution in [2.75, 3.05) is 69.2 Å². The number of methoxy groups -OCH3 is 2. The Hall–Kier alpha value is -6.32. The summed E-state index contributed by atoms with van der Waals surface area (Å²) in [5.41, 5.74) is 1.73. The molecule has 58 heavy (non-hydrogen) atoms. The molecule has 1 N–H and O–H groups in total. The molecule has 3 aliphatic rings. The molecule has 0 aliphatic carbocycles. The Balaban J connectivity index is 1.17. The van der Waals surface area contributed by atoms with E-state index in [0.29, 0.717) is 58.1 Å². The molecule has 0 radical (unpaired) electrons. The maximum absolute atomic E-state index is 15.3. The first-order valence-electron chi connectivity index (χ1n) is 18.8. The molecule has 3 unspecified atom stereocenters. The summed E-state index contributed by atoms with van der Waals surface area (Å²) in [6, 6.07) is 12.8. The fourth-order valence-corrected chi connectivity index (χ4v) is 8.48. The molecule has 3 atom stereocenters. The van der Waals surface area contributed by atoms with Gasteiger partial charge in [-0.25, -0.2) is 27.8 Å². The van der Waals surface area contributed by atoms with Crippen LogP contribution in [0.4, 0.5) is 30.8 Å². The van der Waals surface area contributed by atoms with Crippen LogP contribution in [0, 0.1) is 41.1 Å². The van der Waals surface area contributed by atoms with Crippen LogP contribution in [0.25, 0.3) is 39.0 Å². The number of aryl methyl sites for hydroxylation is 1. The summed E-state index contributed by atoms with van der Waals surface area (Å²) in [6.07, 6.45) is 1.37. The number of hydrogen-bond donors (Lipinski definition) is 1. The molecule has 15 nitrogen and oxygen atoms in total. The van der Waals surface area contributed by atoms with E-state index < -0.39 is 35.0 Å². The van der Waals surface area contributed by atoms with Gasteiger partial charge in [-0.05, 0) is 43.7 Å². The Kier molecular flexibility index (Phi) is 9.16. The largest absolute Gasteiger partial charge is 0.383 e. The van der Waals surface area contributed by atoms with Gasteiger partial charge < -0.3 is 34.1 Å². The van der Waals surface area contributed by atoms with Crippen LogP contribution >= 0.6 is 0 Å². The van der Waals surface area contributed by atoms with Crippen LogP contribution in [-0.4, -0.2) is 117 Å². The standard InChI is InChI=1S/C40H39F3N12O3/c1-22-46-31-12-24(42)10-27-30-6-5-7-34(48-30)47-25-13-33(38(56)51(2)16-26(58-4)17-53(22)35(27)31)54(15-25)36-28-14-45-55(32-9-8-23(41)11-29(32)43)37(28)50-39(49-36)52-19-40(18-44,20-52)21-57-3/h5-12,14,25-26,33H,13,15-17,19-21H2,1-4H3,(H,47,48). The molecule has 6 aromatic rings. The van der Waals surface area contributed by atoms with Crippen LogP contribution < -0.4 is 15.1 Å². The van der Waals surface area contributed by atoms with E-state index in [1.165, 1.54) is 36.2 Å². The van der Waals surface area contributed by atoms with Crippen LogP contribution in [0.15, 0.2) is 54.7 Å². The van der Waals surface area contributed by atoms with E-state index in [1.807, 2.05) is 39.5 Å². The Labute approximate surface area is 330 Å². The molecule has 4 bridgehead atoms. The first kappa shape index (κ1) is 37.3. The van der Waals surface area contributed by atoms with Crippen LogP contribution in [0.2, 0.25) is 0 Å². The van der Waals surface area contributed by atoms with Gasteiger partial charge in [-0.2, -0.15) is 20.3 Å². The number of hydrogen-bond acceptors (Lipinski definition) is 12. The zero-order chi connectivity index (χ0) is 40.5. The predicted molar refractivity (Wildman–Crippen MR) is 208 cm³/mol. The summed E-state index contributed by atoms with van der Waals surface area (Å²) in [4.78, 5) is 39.6. The molecule has 2 saturated heterocycles. The number of nitrogens with one attached hydrogen (secondary N) is 1. The molecule has 7 heterocycles. The fraction of sp³-hybridized carbons (Fsp3) is 0.375. The number of ether oxygens (including phenoxy) is 2. The van der Waals surface area contributed by atoms with E-state index in [0.717, 1.165) is 12.1 Å². The minimum atomic E-state index is -0.841. The second-order valence-corrected chi connectivity index (χ2v) is 15.2. The number of anilines is 3. The first-order valence-corrected chi connectivity index (χ1v) is 18.8. The minimum absolute atomic E-state index is 0.0282. The molecular weight excluding hydrogens is 754 g/mol. The number of fused-ring (bicyclic) bond motifs is 6. The lowest BCUT2D eigenvalue weighted by Gasteiger charge is -2.45. The highest BCUT2D eigenvalue weighted by Crippen LogP contribution is 2.39. The van der Waals surface area contributed by atoms with E-state index in [-0.39, 0.29) is 62.0 Å². The molecular formula is C40H39F3N12O3. The summed E-state index contributed by atoms with van der Waals surface area (Å²) in [6.45, 7) is 3.42. The number of nitrogens with zero attached hydrogens (tertiary/aromatic N) is 11. The number of amides is 1. The third kappa shape index (κ3) is 6.30. The van der Waals surface area contributed by atoms with Crippen LogP contribution in [0.3, 0.4) is 0 Å². The molecule has 3 aliphatic heterocycles. The van der Waals surface area contributed by atoms with Gasteiger partial charge in [0.2, 0.25) is 11.9 Å². The van der Waals surface area contributed by atoms with Crippen molar-refractivity contribution in [2.45, 2.75) is 38.1 Å². The van der Waals surface area contributed by atoms with Crippen molar-refractivity contribution in [3.8, 4) is 23.0 Å². The predicted octanol–water partition coefficient (Wildman–Crippen LogP) is 4.48. The lowest BCUT2D eigenvalue weighted by atomic mass is 9.82. The first-order chi connectivity index (χ1) is 28.0. The Morgan fingerprint density at radius 1 is 1.00 bits per heavy atom. The molecule has 1 amide bonds. The van der Waals surface area contributed by atoms with Crippen molar-refractivity contribution < 1.29 is 27.4 Å². The van der Waals surface area contributed by atoms with Crippen LogP contribution in [-0.2, 0) is 20.8 Å². The summed E-state index contributed by atoms with van der Waals surface area (Å²) in [5, 5.41) is 18.4. The second-order valence-electron chi connectivity index (χ2n) is 15.2. The number of pyridine rings is 1. The summed E-state index contributed by atoms with van der Waals surface area (Å²) < 4.78 is 59.0. The zero-order valence-electron chi connectivity index (χ0n) is 32.2. The number of imidazole rings is 1. The van der Waals surface area contributed by atoms with E-state index in [2.05, 4.69) is 21.5 Å². The van der Waals surface area contributed by atoms with Crippen molar-refractivity contribution >= 4 is 45.6 Å². The summed E-state index contributed by atoms with van der Waals surface area (Å²) in [5.74, 6) is -0.428. The highest BCUT2D eigenvalue weighted by atomic mass is 19.1. The van der Waals surface area contributed by atoms with Crippen LogP contribution in [0.5, 0.6) is 0 Å². The molecule has 18 heteroatoms. The fourth-order valence-electron chi connectivity index (χ4n) is 8.48. The number of aromatic nitrogens is 7. The molecule has 9 rings (SSSR count). The molecule has 2 fully saturated rings. The average molecular weight is 793 g/mol. The quantitative estimate of drug-likeness (QED) is 0.253. The van der Waals surface area contributed by atoms with E-state index in [4.69, 9.17) is 24.4 Å². The Morgan fingerprint density at radius 3 is 2.59 bits per heavy atom. The third-order valence-corrected chi connectivity index (χ3v) is 11.3. The van der Waals surface area contributed by atoms with Crippen molar-refractivity contribution in [1.82, 2.24) is 39.2 Å². The zero-order valence-corrected chi connectivity index (χ0v) is 32.2. The van der Waals surface area contributed by atoms with Crippen molar-refractivity contribution in [2.24, 2.45) is 5.41 Å². The number of carbonyl (C=O) groups is 1. The van der Waals surface area contributed by atoms with Gasteiger partial charge in [0.15, 0.2) is 11.5 Å². The van der Waals surface area contributed by atoms with E-state index in [1.54, 1.807) is 19.1 Å². The van der Waals surface area contributed by atoms with Crippen LogP contribution in [0.1, 0.15) is 12.2 Å². The van der Waals surface area contributed by atoms with Gasteiger partial charge in [0, 0.05) is 71.2 Å². The molecule has 298 valence electrons. The van der Waals surface area contributed by atoms with E-state index >= 15 is 8.78 Å². The van der Waals surface area contributed by atoms with Gasteiger partial charge in [-0.15, -0.1) is 0 Å². The minimum Gasteiger partial charge on any atom is -0.383 e. The maximum atomic E-state index is 15.3. The van der Waals surface area contributed by atoms with Crippen molar-refractivity contribution in [3.63, 3.8) is 0 Å². The van der Waals surface area contributed by atoms with Gasteiger partial charge in [0.25, 0.3) is 0 Å². The number of nitriles is 1. The number of halogens is 3. The maximum Gasteiger partial charge on any atom is 0.245 e. The lowest BCUT2D eigenvalue weighted by molar-refractivity contribution is -0.132. The number of carbonyl (C=O) groups excluding carboxylic acids is 1. The van der Waals surface area contributed by atoms with Gasteiger partial charge >= 0.3 is 0 Å². The normalized spacial score (nSPS) is 20.5. The Morgan fingerprint density at radius 2 is 1.83 bits per heavy atom. The highest BCUT2D eigenvalue weighted by Gasteiger charge is 2.46. The molecule has 4 aromatic heterocycles. The lowest BCUT2D eigenvalue weighted by Crippen LogP contribution is -2.58. The molecule has 0 saturated carbocycles. The third-order valence-electron chi connectivity index (χ3n) is 11.3.